The molecule has 17 heavy (non-hydrogen) atoms. The van der Waals surface area contributed by atoms with Crippen molar-refractivity contribution in [2.75, 3.05) is 25.6 Å². The fraction of sp³-hybridized carbons (Fsp3) is 0.909. The van der Waals surface area contributed by atoms with Crippen molar-refractivity contribution < 1.29 is 8.42 Å². The molecule has 2 saturated carbocycles. The molecule has 0 unspecified atom stereocenters. The van der Waals surface area contributed by atoms with Crippen molar-refractivity contribution in [3.05, 3.63) is 0 Å². The standard InChI is InChI=1S/C11H21N3O2S/c1-12-10(14-9-3-4-9)13-7-11(5-6-11)8-17(2,15)16/h9H,3-8H2,1-2H3,(H2,12,13,14). The van der Waals surface area contributed by atoms with Gasteiger partial charge in [0.2, 0.25) is 0 Å². The SMILES string of the molecule is CN=C(NCC1(CS(C)(=O)=O)CC1)NC1CC1. The lowest BCUT2D eigenvalue weighted by atomic mass is 10.1. The minimum absolute atomic E-state index is 0.0469. The summed E-state index contributed by atoms with van der Waals surface area (Å²) in [5, 5.41) is 6.53. The Kier molecular flexibility index (Phi) is 3.34. The van der Waals surface area contributed by atoms with E-state index in [2.05, 4.69) is 15.6 Å². The number of hydrogen-bond donors (Lipinski definition) is 2. The summed E-state index contributed by atoms with van der Waals surface area (Å²) in [6.45, 7) is 0.701. The first-order chi connectivity index (χ1) is 7.92. The molecule has 0 spiro atoms. The van der Waals surface area contributed by atoms with E-state index in [0.29, 0.717) is 12.6 Å². The fourth-order valence-corrected chi connectivity index (χ4v) is 3.50. The number of hydrogen-bond acceptors (Lipinski definition) is 3. The van der Waals surface area contributed by atoms with E-state index >= 15 is 0 Å². The maximum Gasteiger partial charge on any atom is 0.191 e. The number of nitrogens with zero attached hydrogens (tertiary/aromatic N) is 1. The summed E-state index contributed by atoms with van der Waals surface area (Å²) < 4.78 is 22.6. The Labute approximate surface area is 103 Å². The van der Waals surface area contributed by atoms with Gasteiger partial charge >= 0.3 is 0 Å². The quantitative estimate of drug-likeness (QED) is 0.544. The van der Waals surface area contributed by atoms with Crippen LogP contribution in [0.25, 0.3) is 0 Å². The van der Waals surface area contributed by atoms with Crippen LogP contribution in [0.4, 0.5) is 0 Å². The maximum atomic E-state index is 11.3. The second-order valence-corrected chi connectivity index (χ2v) is 7.55. The van der Waals surface area contributed by atoms with Crippen LogP contribution in [0.3, 0.4) is 0 Å². The molecule has 0 aromatic carbocycles. The molecule has 0 atom stereocenters. The summed E-state index contributed by atoms with van der Waals surface area (Å²) in [7, 11) is -1.14. The lowest BCUT2D eigenvalue weighted by Crippen LogP contribution is -2.42. The average Bonchev–Trinajstić information content (AvgIpc) is 3.08. The molecule has 2 aliphatic rings. The molecule has 0 aromatic rings. The summed E-state index contributed by atoms with van der Waals surface area (Å²) in [6, 6.07) is 0.561. The Hall–Kier alpha value is -0.780. The lowest BCUT2D eigenvalue weighted by Gasteiger charge is -2.17. The maximum absolute atomic E-state index is 11.3. The van der Waals surface area contributed by atoms with Gasteiger partial charge in [-0.2, -0.15) is 0 Å². The zero-order chi connectivity index (χ0) is 12.5. The molecule has 98 valence electrons. The van der Waals surface area contributed by atoms with Gasteiger partial charge < -0.3 is 10.6 Å². The molecule has 2 aliphatic carbocycles. The summed E-state index contributed by atoms with van der Waals surface area (Å²) in [6.07, 6.45) is 5.70. The van der Waals surface area contributed by atoms with Crippen molar-refractivity contribution in [1.29, 1.82) is 0 Å². The van der Waals surface area contributed by atoms with E-state index < -0.39 is 9.84 Å². The predicted molar refractivity (Wildman–Crippen MR) is 68.9 cm³/mol. The van der Waals surface area contributed by atoms with Crippen LogP contribution < -0.4 is 10.6 Å². The number of rotatable bonds is 5. The Balaban J connectivity index is 1.80. The van der Waals surface area contributed by atoms with E-state index in [4.69, 9.17) is 0 Å². The summed E-state index contributed by atoms with van der Waals surface area (Å²) in [5.74, 6) is 1.08. The minimum atomic E-state index is -2.88. The summed E-state index contributed by atoms with van der Waals surface area (Å²) in [4.78, 5) is 4.14. The van der Waals surface area contributed by atoms with Crippen LogP contribution in [0, 0.1) is 5.41 Å². The molecule has 6 heteroatoms. The lowest BCUT2D eigenvalue weighted by molar-refractivity contribution is 0.529. The number of guanidine groups is 1. The molecular weight excluding hydrogens is 238 g/mol. The van der Waals surface area contributed by atoms with Gasteiger partial charge in [0, 0.05) is 31.3 Å². The minimum Gasteiger partial charge on any atom is -0.356 e. The van der Waals surface area contributed by atoms with Crippen LogP contribution in [0.5, 0.6) is 0 Å². The number of aliphatic imine (C=N–C) groups is 1. The molecule has 0 saturated heterocycles. The van der Waals surface area contributed by atoms with E-state index in [0.717, 1.165) is 18.8 Å². The largest absolute Gasteiger partial charge is 0.356 e. The molecule has 0 bridgehead atoms. The first kappa shape index (κ1) is 12.7. The van der Waals surface area contributed by atoms with Crippen LogP contribution in [-0.4, -0.2) is 46.0 Å². The van der Waals surface area contributed by atoms with E-state index in [1.807, 2.05) is 0 Å². The van der Waals surface area contributed by atoms with Crippen LogP contribution in [0.15, 0.2) is 4.99 Å². The van der Waals surface area contributed by atoms with Crippen molar-refractivity contribution in [2.45, 2.75) is 31.7 Å². The van der Waals surface area contributed by atoms with Crippen LogP contribution in [0.2, 0.25) is 0 Å². The smallest absolute Gasteiger partial charge is 0.191 e. The second kappa shape index (κ2) is 4.48. The summed E-state index contributed by atoms with van der Waals surface area (Å²) >= 11 is 0. The van der Waals surface area contributed by atoms with Crippen LogP contribution in [-0.2, 0) is 9.84 Å². The van der Waals surface area contributed by atoms with E-state index in [1.54, 1.807) is 7.05 Å². The van der Waals surface area contributed by atoms with Gasteiger partial charge in [-0.25, -0.2) is 8.42 Å². The Morgan fingerprint density at radius 2 is 2.06 bits per heavy atom. The van der Waals surface area contributed by atoms with Gasteiger partial charge in [0.05, 0.1) is 5.75 Å². The van der Waals surface area contributed by atoms with Gasteiger partial charge in [0.15, 0.2) is 5.96 Å². The zero-order valence-electron chi connectivity index (χ0n) is 10.5. The highest BCUT2D eigenvalue weighted by atomic mass is 32.2. The average molecular weight is 259 g/mol. The van der Waals surface area contributed by atoms with Crippen LogP contribution in [0.1, 0.15) is 25.7 Å². The van der Waals surface area contributed by atoms with Crippen molar-refractivity contribution in [2.24, 2.45) is 10.4 Å². The third-order valence-electron chi connectivity index (χ3n) is 3.30. The molecule has 2 N–H and O–H groups in total. The Morgan fingerprint density at radius 3 is 2.47 bits per heavy atom. The molecule has 0 aliphatic heterocycles. The number of nitrogens with one attached hydrogen (secondary N) is 2. The summed E-state index contributed by atoms with van der Waals surface area (Å²) in [5.41, 5.74) is -0.0469. The molecule has 0 radical (unpaired) electrons. The highest BCUT2D eigenvalue weighted by Crippen LogP contribution is 2.45. The Morgan fingerprint density at radius 1 is 1.41 bits per heavy atom. The van der Waals surface area contributed by atoms with Gasteiger partial charge in [-0.05, 0) is 25.7 Å². The fourth-order valence-electron chi connectivity index (χ4n) is 1.99. The molecule has 5 nitrogen and oxygen atoms in total. The molecular formula is C11H21N3O2S. The van der Waals surface area contributed by atoms with Crippen LogP contribution >= 0.6 is 0 Å². The van der Waals surface area contributed by atoms with Gasteiger partial charge in [-0.3, -0.25) is 4.99 Å². The monoisotopic (exact) mass is 259 g/mol. The van der Waals surface area contributed by atoms with E-state index in [9.17, 15) is 8.42 Å². The highest BCUT2D eigenvalue weighted by molar-refractivity contribution is 7.90. The Bertz CT molecular complexity index is 408. The zero-order valence-corrected chi connectivity index (χ0v) is 11.3. The third kappa shape index (κ3) is 4.18. The van der Waals surface area contributed by atoms with E-state index in [-0.39, 0.29) is 11.2 Å². The highest BCUT2D eigenvalue weighted by Gasteiger charge is 2.45. The van der Waals surface area contributed by atoms with Gasteiger partial charge in [0.25, 0.3) is 0 Å². The van der Waals surface area contributed by atoms with Gasteiger partial charge in [0.1, 0.15) is 9.84 Å². The molecule has 0 amide bonds. The molecule has 2 rings (SSSR count). The van der Waals surface area contributed by atoms with Gasteiger partial charge in [-0.1, -0.05) is 0 Å². The number of sulfone groups is 1. The normalized spacial score (nSPS) is 23.3. The molecule has 0 heterocycles. The predicted octanol–water partition coefficient (Wildman–Crippen LogP) is 0.139. The first-order valence-electron chi connectivity index (χ1n) is 6.07. The van der Waals surface area contributed by atoms with Crippen molar-refractivity contribution >= 4 is 15.8 Å². The second-order valence-electron chi connectivity index (χ2n) is 5.41. The molecule has 2 fully saturated rings. The topological polar surface area (TPSA) is 70.6 Å². The first-order valence-corrected chi connectivity index (χ1v) is 8.13. The van der Waals surface area contributed by atoms with Crippen molar-refractivity contribution in [1.82, 2.24) is 10.6 Å². The van der Waals surface area contributed by atoms with E-state index in [1.165, 1.54) is 19.1 Å². The third-order valence-corrected chi connectivity index (χ3v) is 4.43. The van der Waals surface area contributed by atoms with Gasteiger partial charge in [-0.15, -0.1) is 0 Å². The van der Waals surface area contributed by atoms with Crippen molar-refractivity contribution in [3.63, 3.8) is 0 Å². The van der Waals surface area contributed by atoms with Crippen molar-refractivity contribution in [3.8, 4) is 0 Å². The molecule has 0 aromatic heterocycles.